The minimum absolute atomic E-state index is 0.0862. The van der Waals surface area contributed by atoms with E-state index in [9.17, 15) is 4.79 Å². The highest BCUT2D eigenvalue weighted by Crippen LogP contribution is 2.24. The van der Waals surface area contributed by atoms with Crippen LogP contribution >= 0.6 is 11.8 Å². The van der Waals surface area contributed by atoms with E-state index >= 15 is 0 Å². The van der Waals surface area contributed by atoms with Crippen LogP contribution in [0.25, 0.3) is 5.69 Å². The molecular formula is C25H23N3OS. The molecule has 0 spiro atoms. The maximum Gasteiger partial charge on any atom is 0.196 e. The zero-order valence-corrected chi connectivity index (χ0v) is 17.9. The molecule has 4 nitrogen and oxygen atoms in total. The highest BCUT2D eigenvalue weighted by molar-refractivity contribution is 7.99. The molecule has 0 atom stereocenters. The second kappa shape index (κ2) is 9.09. The Morgan fingerprint density at radius 3 is 2.13 bits per heavy atom. The van der Waals surface area contributed by atoms with Gasteiger partial charge in [-0.15, -0.1) is 10.2 Å². The average Bonchev–Trinajstić information content (AvgIpc) is 3.16. The Morgan fingerprint density at radius 1 is 0.833 bits per heavy atom. The smallest absolute Gasteiger partial charge is 0.196 e. The molecule has 1 heterocycles. The number of aryl methyl sites for hydroxylation is 2. The van der Waals surface area contributed by atoms with Gasteiger partial charge in [0.05, 0.1) is 5.75 Å². The highest BCUT2D eigenvalue weighted by Gasteiger charge is 2.17. The predicted molar refractivity (Wildman–Crippen MR) is 122 cm³/mol. The van der Waals surface area contributed by atoms with Crippen LogP contribution in [0.4, 0.5) is 0 Å². The molecule has 0 saturated heterocycles. The highest BCUT2D eigenvalue weighted by atomic mass is 32.2. The lowest BCUT2D eigenvalue weighted by Crippen LogP contribution is -2.06. The monoisotopic (exact) mass is 413 g/mol. The number of ketones is 1. The summed E-state index contributed by atoms with van der Waals surface area (Å²) in [6.45, 7) is 4.08. The van der Waals surface area contributed by atoms with Crippen LogP contribution < -0.4 is 0 Å². The number of hydrogen-bond acceptors (Lipinski definition) is 4. The molecule has 0 aliphatic heterocycles. The normalized spacial score (nSPS) is 10.9. The van der Waals surface area contributed by atoms with Crippen molar-refractivity contribution in [3.8, 4) is 5.69 Å². The standard InChI is InChI=1S/C25H23N3OS/c1-18-8-12-21(13-9-18)23(29)17-30-25-27-26-24(16-20-6-4-3-5-7-20)28(25)22-14-10-19(2)11-15-22/h3-15H,16-17H2,1-2H3. The Hall–Kier alpha value is -3.18. The number of carbonyl (C=O) groups is 1. The third kappa shape index (κ3) is 4.69. The van der Waals surface area contributed by atoms with Gasteiger partial charge in [-0.1, -0.05) is 89.6 Å². The molecule has 0 aliphatic rings. The van der Waals surface area contributed by atoms with Crippen LogP contribution in [0.5, 0.6) is 0 Å². The van der Waals surface area contributed by atoms with Gasteiger partial charge in [0, 0.05) is 17.7 Å². The zero-order valence-electron chi connectivity index (χ0n) is 17.1. The van der Waals surface area contributed by atoms with Crippen molar-refractivity contribution >= 4 is 17.5 Å². The maximum atomic E-state index is 12.6. The van der Waals surface area contributed by atoms with E-state index < -0.39 is 0 Å². The first-order chi connectivity index (χ1) is 14.6. The molecule has 4 aromatic rings. The molecule has 0 fully saturated rings. The molecule has 0 N–H and O–H groups in total. The summed E-state index contributed by atoms with van der Waals surface area (Å²) >= 11 is 1.42. The largest absolute Gasteiger partial charge is 0.293 e. The Morgan fingerprint density at radius 2 is 1.47 bits per heavy atom. The summed E-state index contributed by atoms with van der Waals surface area (Å²) in [5.41, 5.74) is 5.23. The minimum Gasteiger partial charge on any atom is -0.293 e. The van der Waals surface area contributed by atoms with Crippen molar-refractivity contribution in [2.24, 2.45) is 0 Å². The van der Waals surface area contributed by atoms with Gasteiger partial charge in [0.15, 0.2) is 10.9 Å². The SMILES string of the molecule is Cc1ccc(C(=O)CSc2nnc(Cc3ccccc3)n2-c2ccc(C)cc2)cc1. The van der Waals surface area contributed by atoms with Crippen molar-refractivity contribution in [1.29, 1.82) is 0 Å². The van der Waals surface area contributed by atoms with E-state index in [1.165, 1.54) is 22.9 Å². The Bertz CT molecular complexity index is 1130. The number of benzene rings is 3. The van der Waals surface area contributed by atoms with E-state index in [1.54, 1.807) is 0 Å². The summed E-state index contributed by atoms with van der Waals surface area (Å²) in [6, 6.07) is 26.2. The number of hydrogen-bond donors (Lipinski definition) is 0. The molecule has 1 aromatic heterocycles. The summed E-state index contributed by atoms with van der Waals surface area (Å²) in [5, 5.41) is 9.59. The van der Waals surface area contributed by atoms with Crippen LogP contribution in [0.1, 0.15) is 32.9 Å². The lowest BCUT2D eigenvalue weighted by Gasteiger charge is -2.11. The number of aromatic nitrogens is 3. The third-order valence-electron chi connectivity index (χ3n) is 4.90. The average molecular weight is 414 g/mol. The quantitative estimate of drug-likeness (QED) is 0.299. The zero-order chi connectivity index (χ0) is 20.9. The van der Waals surface area contributed by atoms with E-state index in [0.29, 0.717) is 12.2 Å². The number of thioether (sulfide) groups is 1. The van der Waals surface area contributed by atoms with Crippen LogP contribution in [0, 0.1) is 13.8 Å². The number of Topliss-reactive ketones (excluding diaryl/α,β-unsaturated/α-hetero) is 1. The molecule has 0 bridgehead atoms. The number of carbonyl (C=O) groups excluding carboxylic acids is 1. The molecule has 0 amide bonds. The lowest BCUT2D eigenvalue weighted by molar-refractivity contribution is 0.102. The molecule has 0 unspecified atom stereocenters. The summed E-state index contributed by atoms with van der Waals surface area (Å²) in [5.74, 6) is 1.26. The van der Waals surface area contributed by atoms with Crippen molar-refractivity contribution < 1.29 is 4.79 Å². The van der Waals surface area contributed by atoms with Gasteiger partial charge in [-0.3, -0.25) is 9.36 Å². The molecule has 150 valence electrons. The lowest BCUT2D eigenvalue weighted by atomic mass is 10.1. The first-order valence-corrected chi connectivity index (χ1v) is 10.9. The fourth-order valence-electron chi connectivity index (χ4n) is 3.19. The molecule has 0 aliphatic carbocycles. The van der Waals surface area contributed by atoms with E-state index in [1.807, 2.05) is 49.4 Å². The summed E-state index contributed by atoms with van der Waals surface area (Å²) in [4.78, 5) is 12.6. The molecule has 30 heavy (non-hydrogen) atoms. The molecule has 0 saturated carbocycles. The van der Waals surface area contributed by atoms with Gasteiger partial charge >= 0.3 is 0 Å². The van der Waals surface area contributed by atoms with Crippen LogP contribution in [0.15, 0.2) is 84.0 Å². The van der Waals surface area contributed by atoms with Crippen molar-refractivity contribution in [3.05, 3.63) is 107 Å². The Kier molecular flexibility index (Phi) is 6.10. The first-order valence-electron chi connectivity index (χ1n) is 9.88. The van der Waals surface area contributed by atoms with Crippen LogP contribution in [0.3, 0.4) is 0 Å². The molecule has 4 rings (SSSR count). The van der Waals surface area contributed by atoms with Crippen molar-refractivity contribution in [3.63, 3.8) is 0 Å². The van der Waals surface area contributed by atoms with Crippen LogP contribution in [-0.4, -0.2) is 26.3 Å². The summed E-state index contributed by atoms with van der Waals surface area (Å²) in [6.07, 6.45) is 0.675. The Labute approximate surface area is 181 Å². The maximum absolute atomic E-state index is 12.6. The fraction of sp³-hybridized carbons (Fsp3) is 0.160. The van der Waals surface area contributed by atoms with Crippen molar-refractivity contribution in [2.45, 2.75) is 25.4 Å². The summed E-state index contributed by atoms with van der Waals surface area (Å²) in [7, 11) is 0. The second-order valence-corrected chi connectivity index (χ2v) is 8.25. The van der Waals surface area contributed by atoms with Gasteiger partial charge in [-0.25, -0.2) is 0 Å². The molecule has 5 heteroatoms. The summed E-state index contributed by atoms with van der Waals surface area (Å²) < 4.78 is 2.06. The molecule has 0 radical (unpaired) electrons. The second-order valence-electron chi connectivity index (χ2n) is 7.31. The minimum atomic E-state index is 0.0862. The van der Waals surface area contributed by atoms with Crippen LogP contribution in [0.2, 0.25) is 0 Å². The van der Waals surface area contributed by atoms with Gasteiger partial charge in [-0.05, 0) is 31.5 Å². The van der Waals surface area contributed by atoms with Crippen molar-refractivity contribution in [1.82, 2.24) is 14.8 Å². The Balaban J connectivity index is 1.61. The van der Waals surface area contributed by atoms with Gasteiger partial charge in [0.1, 0.15) is 5.82 Å². The topological polar surface area (TPSA) is 47.8 Å². The third-order valence-corrected chi connectivity index (χ3v) is 5.83. The van der Waals surface area contributed by atoms with E-state index in [0.717, 1.165) is 27.8 Å². The van der Waals surface area contributed by atoms with Crippen LogP contribution in [-0.2, 0) is 6.42 Å². The van der Waals surface area contributed by atoms with Crippen molar-refractivity contribution in [2.75, 3.05) is 5.75 Å². The van der Waals surface area contributed by atoms with E-state index in [-0.39, 0.29) is 5.78 Å². The molecular weight excluding hydrogens is 390 g/mol. The predicted octanol–water partition coefficient (Wildman–Crippen LogP) is 5.45. The molecule has 3 aromatic carbocycles. The van der Waals surface area contributed by atoms with Gasteiger partial charge in [0.25, 0.3) is 0 Å². The number of nitrogens with zero attached hydrogens (tertiary/aromatic N) is 3. The van der Waals surface area contributed by atoms with Gasteiger partial charge in [-0.2, -0.15) is 0 Å². The van der Waals surface area contributed by atoms with Gasteiger partial charge in [0.2, 0.25) is 0 Å². The van der Waals surface area contributed by atoms with Gasteiger partial charge < -0.3 is 0 Å². The van der Waals surface area contributed by atoms with E-state index in [2.05, 4.69) is 58.1 Å². The van der Waals surface area contributed by atoms with E-state index in [4.69, 9.17) is 0 Å². The fourth-order valence-corrected chi connectivity index (χ4v) is 4.06. The first kappa shape index (κ1) is 20.1. The number of rotatable bonds is 7.